The Morgan fingerprint density at radius 2 is 2.00 bits per heavy atom. The van der Waals surface area contributed by atoms with Gasteiger partial charge in [-0.05, 0) is 36.7 Å². The normalized spacial score (nSPS) is 21.0. The molecule has 1 fully saturated rings. The van der Waals surface area contributed by atoms with Crippen molar-refractivity contribution in [3.63, 3.8) is 0 Å². The molecule has 1 amide bonds. The fourth-order valence-corrected chi connectivity index (χ4v) is 3.32. The van der Waals surface area contributed by atoms with E-state index in [1.165, 1.54) is 5.56 Å². The number of hydrogen-bond donors (Lipinski definition) is 2. The number of nitrogens with one attached hydrogen (secondary N) is 1. The Hall–Kier alpha value is -2.14. The first-order valence-corrected chi connectivity index (χ1v) is 8.99. The third-order valence-corrected chi connectivity index (χ3v) is 4.73. The molecular formula is C20H26N2O3. The number of carbonyl (C=O) groups excluding carboxylic acids is 1. The highest BCUT2D eigenvalue weighted by atomic mass is 16.5. The number of aliphatic hydroxyl groups is 1. The van der Waals surface area contributed by atoms with Crippen molar-refractivity contribution in [1.29, 1.82) is 0 Å². The third kappa shape index (κ3) is 4.69. The predicted octanol–water partition coefficient (Wildman–Crippen LogP) is 2.99. The summed E-state index contributed by atoms with van der Waals surface area (Å²) >= 11 is 0. The number of carbonyl (C=O) groups is 1. The van der Waals surface area contributed by atoms with Crippen LogP contribution in [0.4, 0.5) is 0 Å². The second-order valence-corrected chi connectivity index (χ2v) is 7.43. The summed E-state index contributed by atoms with van der Waals surface area (Å²) in [5.74, 6) is 1.27. The smallest absolute Gasteiger partial charge is 0.273 e. The lowest BCUT2D eigenvalue weighted by Gasteiger charge is -2.38. The highest BCUT2D eigenvalue weighted by molar-refractivity contribution is 5.92. The van der Waals surface area contributed by atoms with E-state index in [0.717, 1.165) is 31.4 Å². The number of hydrogen-bond acceptors (Lipinski definition) is 4. The van der Waals surface area contributed by atoms with Crippen LogP contribution in [-0.2, 0) is 12.8 Å². The van der Waals surface area contributed by atoms with Gasteiger partial charge in [-0.25, -0.2) is 0 Å². The highest BCUT2D eigenvalue weighted by Gasteiger charge is 2.35. The minimum atomic E-state index is -0.245. The molecule has 1 aromatic heterocycles. The van der Waals surface area contributed by atoms with E-state index in [0.29, 0.717) is 17.5 Å². The van der Waals surface area contributed by atoms with Gasteiger partial charge in [-0.15, -0.1) is 0 Å². The van der Waals surface area contributed by atoms with Crippen molar-refractivity contribution in [3.05, 3.63) is 53.4 Å². The topological polar surface area (TPSA) is 75.4 Å². The zero-order valence-electron chi connectivity index (χ0n) is 14.8. The number of benzene rings is 1. The Bertz CT molecular complexity index is 690. The first kappa shape index (κ1) is 17.7. The number of nitrogens with zero attached hydrogens (tertiary/aromatic N) is 1. The van der Waals surface area contributed by atoms with Crippen LogP contribution in [0, 0.1) is 11.8 Å². The zero-order chi connectivity index (χ0) is 17.8. The van der Waals surface area contributed by atoms with E-state index in [4.69, 9.17) is 4.52 Å². The van der Waals surface area contributed by atoms with Gasteiger partial charge in [0, 0.05) is 18.5 Å². The SMILES string of the molecule is CC(C)Cc1cc(C(=O)N[C@H](Cc2ccccc2)C2CC(O)C2)no1. The fourth-order valence-electron chi connectivity index (χ4n) is 3.32. The van der Waals surface area contributed by atoms with Gasteiger partial charge in [0.2, 0.25) is 0 Å². The molecule has 1 heterocycles. The van der Waals surface area contributed by atoms with Crippen LogP contribution in [-0.4, -0.2) is 28.3 Å². The van der Waals surface area contributed by atoms with Crippen molar-refractivity contribution < 1.29 is 14.4 Å². The van der Waals surface area contributed by atoms with E-state index in [9.17, 15) is 9.90 Å². The van der Waals surface area contributed by atoms with Crippen LogP contribution in [0.5, 0.6) is 0 Å². The number of rotatable bonds is 7. The molecule has 0 spiro atoms. The Balaban J connectivity index is 1.66. The van der Waals surface area contributed by atoms with Gasteiger partial charge in [-0.3, -0.25) is 4.79 Å². The molecule has 134 valence electrons. The molecule has 2 aromatic rings. The van der Waals surface area contributed by atoms with E-state index in [1.54, 1.807) is 6.07 Å². The summed E-state index contributed by atoms with van der Waals surface area (Å²) in [5.41, 5.74) is 1.50. The summed E-state index contributed by atoms with van der Waals surface area (Å²) in [7, 11) is 0. The van der Waals surface area contributed by atoms with Crippen LogP contribution in [0.15, 0.2) is 40.9 Å². The van der Waals surface area contributed by atoms with Crippen LogP contribution in [0.3, 0.4) is 0 Å². The number of amides is 1. The summed E-state index contributed by atoms with van der Waals surface area (Å²) in [5, 5.41) is 16.6. The van der Waals surface area contributed by atoms with Crippen LogP contribution in [0.2, 0.25) is 0 Å². The van der Waals surface area contributed by atoms with Gasteiger partial charge >= 0.3 is 0 Å². The average Bonchev–Trinajstić information content (AvgIpc) is 3.00. The summed E-state index contributed by atoms with van der Waals surface area (Å²) < 4.78 is 5.26. The summed E-state index contributed by atoms with van der Waals surface area (Å²) in [6, 6.07) is 11.8. The monoisotopic (exact) mass is 342 g/mol. The summed E-state index contributed by atoms with van der Waals surface area (Å²) in [6.45, 7) is 4.19. The van der Waals surface area contributed by atoms with E-state index in [1.807, 2.05) is 18.2 Å². The molecule has 5 nitrogen and oxygen atoms in total. The van der Waals surface area contributed by atoms with E-state index in [2.05, 4.69) is 36.5 Å². The fraction of sp³-hybridized carbons (Fsp3) is 0.500. The maximum atomic E-state index is 12.6. The van der Waals surface area contributed by atoms with E-state index >= 15 is 0 Å². The first-order chi connectivity index (χ1) is 12.0. The first-order valence-electron chi connectivity index (χ1n) is 8.99. The molecule has 1 saturated carbocycles. The van der Waals surface area contributed by atoms with Crippen LogP contribution >= 0.6 is 0 Å². The average molecular weight is 342 g/mol. The van der Waals surface area contributed by atoms with Crippen molar-refractivity contribution >= 4 is 5.91 Å². The van der Waals surface area contributed by atoms with Crippen molar-refractivity contribution in [2.45, 2.75) is 51.7 Å². The van der Waals surface area contributed by atoms with Crippen molar-refractivity contribution in [2.24, 2.45) is 11.8 Å². The Morgan fingerprint density at radius 1 is 1.28 bits per heavy atom. The molecule has 1 aromatic carbocycles. The van der Waals surface area contributed by atoms with Crippen LogP contribution < -0.4 is 5.32 Å². The van der Waals surface area contributed by atoms with Gasteiger partial charge < -0.3 is 14.9 Å². The largest absolute Gasteiger partial charge is 0.393 e. The van der Waals surface area contributed by atoms with Gasteiger partial charge in [0.05, 0.1) is 6.10 Å². The van der Waals surface area contributed by atoms with Gasteiger partial charge in [-0.2, -0.15) is 0 Å². The lowest BCUT2D eigenvalue weighted by atomic mass is 9.75. The van der Waals surface area contributed by atoms with Gasteiger partial charge in [0.25, 0.3) is 5.91 Å². The Morgan fingerprint density at radius 3 is 2.64 bits per heavy atom. The predicted molar refractivity (Wildman–Crippen MR) is 95.2 cm³/mol. The van der Waals surface area contributed by atoms with Crippen LogP contribution in [0.1, 0.15) is 48.5 Å². The lowest BCUT2D eigenvalue weighted by Crippen LogP contribution is -2.48. The van der Waals surface area contributed by atoms with E-state index < -0.39 is 0 Å². The Labute approximate surface area is 148 Å². The summed E-state index contributed by atoms with van der Waals surface area (Å²) in [6.07, 6.45) is 2.73. The molecule has 5 heteroatoms. The summed E-state index contributed by atoms with van der Waals surface area (Å²) in [4.78, 5) is 12.6. The molecule has 0 aliphatic heterocycles. The molecule has 1 atom stereocenters. The minimum Gasteiger partial charge on any atom is -0.393 e. The lowest BCUT2D eigenvalue weighted by molar-refractivity contribution is 0.0238. The second kappa shape index (κ2) is 7.83. The molecule has 0 saturated heterocycles. The molecule has 1 aliphatic rings. The third-order valence-electron chi connectivity index (χ3n) is 4.73. The van der Waals surface area contributed by atoms with Gasteiger partial charge in [0.15, 0.2) is 5.69 Å². The number of aliphatic hydroxyl groups excluding tert-OH is 1. The molecule has 0 unspecified atom stereocenters. The second-order valence-electron chi connectivity index (χ2n) is 7.43. The van der Waals surface area contributed by atoms with Crippen molar-refractivity contribution in [3.8, 4) is 0 Å². The number of aromatic nitrogens is 1. The molecule has 25 heavy (non-hydrogen) atoms. The molecular weight excluding hydrogens is 316 g/mol. The molecule has 3 rings (SSSR count). The molecule has 2 N–H and O–H groups in total. The van der Waals surface area contributed by atoms with Crippen molar-refractivity contribution in [2.75, 3.05) is 0 Å². The van der Waals surface area contributed by atoms with Gasteiger partial charge in [-0.1, -0.05) is 49.3 Å². The maximum absolute atomic E-state index is 12.6. The van der Waals surface area contributed by atoms with E-state index in [-0.39, 0.29) is 18.1 Å². The minimum absolute atomic E-state index is 0.0106. The molecule has 0 bridgehead atoms. The molecule has 1 aliphatic carbocycles. The quantitative estimate of drug-likeness (QED) is 0.811. The van der Waals surface area contributed by atoms with Crippen LogP contribution in [0.25, 0.3) is 0 Å². The highest BCUT2D eigenvalue weighted by Crippen LogP contribution is 2.32. The van der Waals surface area contributed by atoms with Gasteiger partial charge in [0.1, 0.15) is 5.76 Å². The standard InChI is InChI=1S/C20H26N2O3/c1-13(2)8-17-12-19(22-25-17)20(24)21-18(15-10-16(23)11-15)9-14-6-4-3-5-7-14/h3-7,12-13,15-16,18,23H,8-11H2,1-2H3,(H,21,24)/t15?,16?,18-/m1/s1. The zero-order valence-corrected chi connectivity index (χ0v) is 14.8. The van der Waals surface area contributed by atoms with Crippen molar-refractivity contribution in [1.82, 2.24) is 10.5 Å². The Kier molecular flexibility index (Phi) is 5.53. The molecule has 0 radical (unpaired) electrons. The maximum Gasteiger partial charge on any atom is 0.273 e.